The van der Waals surface area contributed by atoms with Crippen molar-refractivity contribution in [2.75, 3.05) is 20.2 Å². The highest BCUT2D eigenvalue weighted by Crippen LogP contribution is 2.42. The molecule has 5 aromatic rings. The van der Waals surface area contributed by atoms with Gasteiger partial charge in [-0.1, -0.05) is 47.5 Å². The second-order valence-electron chi connectivity index (χ2n) is 12.8. The molecular formula is C37H38Cl2N8O3. The van der Waals surface area contributed by atoms with Gasteiger partial charge in [0, 0.05) is 110 Å². The van der Waals surface area contributed by atoms with Crippen LogP contribution < -0.4 is 26.0 Å². The summed E-state index contributed by atoms with van der Waals surface area (Å²) in [7, 11) is 3.59. The van der Waals surface area contributed by atoms with Crippen LogP contribution in [0.15, 0.2) is 61.1 Å². The van der Waals surface area contributed by atoms with Crippen LogP contribution in [0, 0.1) is 0 Å². The van der Waals surface area contributed by atoms with Crippen molar-refractivity contribution >= 4 is 46.0 Å². The number of carbonyl (C=O) groups is 2. The SMILES string of the molecule is COc1nc(-c2cccc(-c3ccnc(-c4cnc5c(CNC[C@H]6CCC(=O)N6)cn(C)c5c4)c3Cl)c2Cl)ccc1CNC[C@H]1CCC(=O)N1. The number of hydrogen-bond donors (Lipinski definition) is 4. The highest BCUT2D eigenvalue weighted by Gasteiger charge is 2.22. The standard InChI is InChI=1S/C37H38Cl2N8O3/c1-47-20-23(16-41-19-25-8-11-32(49)45-25)35-30(47)14-22(17-43-35)36-34(39)27(12-13-42-36)26-4-3-5-28(33(26)38)29-9-6-21(37(46-29)50-2)15-40-18-24-7-10-31(48)44-24/h3-6,9,12-14,17,20,24-25,40-41H,7-8,10-11,15-16,18-19H2,1-2H3,(H,44,48)(H,45,49)/t24-,25-/m1/s1. The van der Waals surface area contributed by atoms with E-state index in [9.17, 15) is 9.59 Å². The zero-order valence-corrected chi connectivity index (χ0v) is 29.4. The molecule has 4 aromatic heterocycles. The zero-order valence-electron chi connectivity index (χ0n) is 27.9. The minimum Gasteiger partial charge on any atom is -0.481 e. The molecule has 0 spiro atoms. The molecule has 50 heavy (non-hydrogen) atoms. The first-order valence-corrected chi connectivity index (χ1v) is 17.5. The molecule has 13 heteroatoms. The van der Waals surface area contributed by atoms with E-state index >= 15 is 0 Å². The molecule has 6 heterocycles. The lowest BCUT2D eigenvalue weighted by Crippen LogP contribution is -2.35. The molecule has 0 aliphatic carbocycles. The second kappa shape index (κ2) is 14.7. The number of nitrogens with one attached hydrogen (secondary N) is 4. The molecule has 7 rings (SSSR count). The van der Waals surface area contributed by atoms with Crippen molar-refractivity contribution in [2.45, 2.75) is 50.9 Å². The van der Waals surface area contributed by atoms with Crippen molar-refractivity contribution in [1.29, 1.82) is 0 Å². The van der Waals surface area contributed by atoms with E-state index in [2.05, 4.69) is 43.1 Å². The Bertz CT molecular complexity index is 2080. The topological polar surface area (TPSA) is 135 Å². The predicted molar refractivity (Wildman–Crippen MR) is 195 cm³/mol. The van der Waals surface area contributed by atoms with Crippen LogP contribution in [-0.4, -0.2) is 63.6 Å². The van der Waals surface area contributed by atoms with E-state index in [-0.39, 0.29) is 23.9 Å². The van der Waals surface area contributed by atoms with Gasteiger partial charge in [0.1, 0.15) is 0 Å². The average molecular weight is 714 g/mol. The molecule has 2 fully saturated rings. The lowest BCUT2D eigenvalue weighted by molar-refractivity contribution is -0.120. The van der Waals surface area contributed by atoms with Gasteiger partial charge in [-0.2, -0.15) is 0 Å². The van der Waals surface area contributed by atoms with Crippen LogP contribution in [0.2, 0.25) is 10.0 Å². The summed E-state index contributed by atoms with van der Waals surface area (Å²) in [5, 5.41) is 13.8. The molecule has 11 nitrogen and oxygen atoms in total. The van der Waals surface area contributed by atoms with Crippen molar-refractivity contribution in [3.8, 4) is 39.5 Å². The smallest absolute Gasteiger partial charge is 0.220 e. The minimum atomic E-state index is 0.0987. The predicted octanol–water partition coefficient (Wildman–Crippen LogP) is 5.42. The van der Waals surface area contributed by atoms with Crippen molar-refractivity contribution in [3.05, 3.63) is 82.2 Å². The van der Waals surface area contributed by atoms with Crippen LogP contribution in [0.1, 0.15) is 36.8 Å². The highest BCUT2D eigenvalue weighted by atomic mass is 35.5. The number of benzene rings is 1. The number of methoxy groups -OCH3 is 1. The average Bonchev–Trinajstić information content (AvgIpc) is 3.83. The molecule has 4 N–H and O–H groups in total. The summed E-state index contributed by atoms with van der Waals surface area (Å²) in [5.74, 6) is 0.714. The number of aryl methyl sites for hydroxylation is 1. The quantitative estimate of drug-likeness (QED) is 0.135. The van der Waals surface area contributed by atoms with E-state index in [0.717, 1.165) is 57.3 Å². The molecule has 2 saturated heterocycles. The Balaban J connectivity index is 1.11. The molecule has 1 aromatic carbocycles. The summed E-state index contributed by atoms with van der Waals surface area (Å²) in [6.45, 7) is 2.58. The Labute approximate surface area is 300 Å². The van der Waals surface area contributed by atoms with Crippen molar-refractivity contribution < 1.29 is 14.3 Å². The number of nitrogens with zero attached hydrogens (tertiary/aromatic N) is 4. The van der Waals surface area contributed by atoms with Gasteiger partial charge in [0.2, 0.25) is 17.7 Å². The van der Waals surface area contributed by atoms with Gasteiger partial charge in [0.25, 0.3) is 0 Å². The number of carbonyl (C=O) groups excluding carboxylic acids is 2. The summed E-state index contributed by atoms with van der Waals surface area (Å²) in [5.41, 5.74) is 8.13. The van der Waals surface area contributed by atoms with Crippen LogP contribution in [-0.2, 0) is 29.7 Å². The van der Waals surface area contributed by atoms with Crippen molar-refractivity contribution in [3.63, 3.8) is 0 Å². The Hall–Kier alpha value is -4.55. The van der Waals surface area contributed by atoms with Crippen LogP contribution in [0.3, 0.4) is 0 Å². The number of pyridine rings is 3. The zero-order chi connectivity index (χ0) is 34.8. The number of rotatable bonds is 12. The van der Waals surface area contributed by atoms with E-state index in [4.69, 9.17) is 37.9 Å². The van der Waals surface area contributed by atoms with Crippen LogP contribution in [0.5, 0.6) is 5.88 Å². The second-order valence-corrected chi connectivity index (χ2v) is 13.5. The first-order chi connectivity index (χ1) is 24.3. The monoisotopic (exact) mass is 712 g/mol. The van der Waals surface area contributed by atoms with Crippen LogP contribution in [0.4, 0.5) is 0 Å². The molecule has 258 valence electrons. The van der Waals surface area contributed by atoms with Gasteiger partial charge < -0.3 is 30.6 Å². The van der Waals surface area contributed by atoms with E-state index < -0.39 is 0 Å². The largest absolute Gasteiger partial charge is 0.481 e. The summed E-state index contributed by atoms with van der Waals surface area (Å²) in [6.07, 6.45) is 8.45. The first kappa shape index (κ1) is 33.9. The van der Waals surface area contributed by atoms with Gasteiger partial charge >= 0.3 is 0 Å². The first-order valence-electron chi connectivity index (χ1n) is 16.7. The molecule has 0 bridgehead atoms. The Morgan fingerprint density at radius 3 is 2.24 bits per heavy atom. The minimum absolute atomic E-state index is 0.0987. The maximum absolute atomic E-state index is 11.5. The van der Waals surface area contributed by atoms with E-state index in [0.29, 0.717) is 66.3 Å². The molecule has 2 amide bonds. The van der Waals surface area contributed by atoms with Crippen LogP contribution >= 0.6 is 23.2 Å². The van der Waals surface area contributed by atoms with Gasteiger partial charge in [0.15, 0.2) is 0 Å². The lowest BCUT2D eigenvalue weighted by Gasteiger charge is -2.15. The number of hydrogen-bond acceptors (Lipinski definition) is 8. The van der Waals surface area contributed by atoms with Gasteiger partial charge in [-0.15, -0.1) is 0 Å². The number of aromatic nitrogens is 4. The third-order valence-electron chi connectivity index (χ3n) is 9.34. The summed E-state index contributed by atoms with van der Waals surface area (Å²) in [4.78, 5) is 37.3. The van der Waals surface area contributed by atoms with Gasteiger partial charge in [0.05, 0.1) is 39.6 Å². The fourth-order valence-corrected chi connectivity index (χ4v) is 7.38. The third-order valence-corrected chi connectivity index (χ3v) is 10.1. The molecule has 2 atom stereocenters. The maximum Gasteiger partial charge on any atom is 0.220 e. The van der Waals surface area contributed by atoms with E-state index in [1.807, 2.05) is 43.4 Å². The van der Waals surface area contributed by atoms with Crippen molar-refractivity contribution in [1.82, 2.24) is 40.8 Å². The van der Waals surface area contributed by atoms with Crippen molar-refractivity contribution in [2.24, 2.45) is 7.05 Å². The van der Waals surface area contributed by atoms with Crippen LogP contribution in [0.25, 0.3) is 44.7 Å². The van der Waals surface area contributed by atoms with E-state index in [1.165, 1.54) is 0 Å². The molecule has 0 radical (unpaired) electrons. The number of fused-ring (bicyclic) bond motifs is 1. The lowest BCUT2D eigenvalue weighted by atomic mass is 9.99. The molecule has 2 aliphatic heterocycles. The van der Waals surface area contributed by atoms with E-state index in [1.54, 1.807) is 19.5 Å². The third kappa shape index (κ3) is 7.04. The van der Waals surface area contributed by atoms with Gasteiger partial charge in [-0.25, -0.2) is 4.98 Å². The summed E-state index contributed by atoms with van der Waals surface area (Å²) >= 11 is 14.2. The fraction of sp³-hybridized carbons (Fsp3) is 0.324. The Kier molecular flexibility index (Phi) is 10.0. The highest BCUT2D eigenvalue weighted by molar-refractivity contribution is 6.39. The van der Waals surface area contributed by atoms with Gasteiger partial charge in [-0.3, -0.25) is 19.6 Å². The Morgan fingerprint density at radius 1 is 0.880 bits per heavy atom. The number of halogens is 2. The summed E-state index contributed by atoms with van der Waals surface area (Å²) in [6, 6.07) is 13.9. The number of ether oxygens (including phenoxy) is 1. The summed E-state index contributed by atoms with van der Waals surface area (Å²) < 4.78 is 7.70. The maximum atomic E-state index is 11.5. The molecule has 2 aliphatic rings. The molecule has 0 unspecified atom stereocenters. The molecular weight excluding hydrogens is 675 g/mol. The molecule has 0 saturated carbocycles. The number of amides is 2. The van der Waals surface area contributed by atoms with Gasteiger partial charge in [-0.05, 0) is 31.0 Å². The Morgan fingerprint density at radius 2 is 1.56 bits per heavy atom. The fourth-order valence-electron chi connectivity index (χ4n) is 6.74. The normalized spacial score (nSPS) is 17.4.